The Hall–Kier alpha value is -1.66. The first-order valence-electron chi connectivity index (χ1n) is 6.39. The van der Waals surface area contributed by atoms with Crippen molar-refractivity contribution in [2.75, 3.05) is 26.7 Å². The molecule has 2 aromatic rings. The second kappa shape index (κ2) is 7.06. The minimum atomic E-state index is 0.680. The monoisotopic (exact) mass is 277 g/mol. The average molecular weight is 277 g/mol. The molecule has 6 heteroatoms. The number of aromatic nitrogens is 2. The van der Waals surface area contributed by atoms with Gasteiger partial charge in [-0.3, -0.25) is 0 Å². The Balaban J connectivity index is 1.67. The summed E-state index contributed by atoms with van der Waals surface area (Å²) in [4.78, 5) is 7.85. The quantitative estimate of drug-likeness (QED) is 0.464. The van der Waals surface area contributed by atoms with E-state index in [-0.39, 0.29) is 0 Å². The summed E-state index contributed by atoms with van der Waals surface area (Å²) >= 11 is 4.98. The van der Waals surface area contributed by atoms with E-state index in [2.05, 4.69) is 25.9 Å². The van der Waals surface area contributed by atoms with Crippen LogP contribution in [0.4, 0.5) is 0 Å². The summed E-state index contributed by atoms with van der Waals surface area (Å²) in [7, 11) is 1.81. The van der Waals surface area contributed by atoms with Crippen LogP contribution in [0, 0.1) is 0 Å². The Bertz CT molecular complexity index is 504. The maximum absolute atomic E-state index is 4.98. The number of para-hydroxylation sites is 2. The summed E-state index contributed by atoms with van der Waals surface area (Å²) in [5, 5.41) is 9.99. The molecule has 4 N–H and O–H groups in total. The first kappa shape index (κ1) is 13.8. The molecule has 0 aliphatic heterocycles. The van der Waals surface area contributed by atoms with E-state index >= 15 is 0 Å². The van der Waals surface area contributed by atoms with E-state index in [4.69, 9.17) is 12.2 Å². The third kappa shape index (κ3) is 4.18. The lowest BCUT2D eigenvalue weighted by atomic mass is 10.3. The van der Waals surface area contributed by atoms with Crippen LogP contribution in [-0.4, -0.2) is 41.8 Å². The van der Waals surface area contributed by atoms with Gasteiger partial charge in [-0.25, -0.2) is 4.98 Å². The van der Waals surface area contributed by atoms with Gasteiger partial charge < -0.3 is 20.9 Å². The Kier molecular flexibility index (Phi) is 5.11. The zero-order valence-corrected chi connectivity index (χ0v) is 11.8. The first-order valence-corrected chi connectivity index (χ1v) is 6.80. The number of nitrogens with one attached hydrogen (secondary N) is 4. The van der Waals surface area contributed by atoms with E-state index in [1.165, 1.54) is 0 Å². The molecule has 19 heavy (non-hydrogen) atoms. The van der Waals surface area contributed by atoms with Crippen LogP contribution in [0.25, 0.3) is 11.0 Å². The normalized spacial score (nSPS) is 10.6. The van der Waals surface area contributed by atoms with Gasteiger partial charge in [0.25, 0.3) is 0 Å². The fraction of sp³-hybridized carbons (Fsp3) is 0.385. The molecule has 5 nitrogen and oxygen atoms in total. The van der Waals surface area contributed by atoms with Crippen molar-refractivity contribution >= 4 is 28.4 Å². The van der Waals surface area contributed by atoms with Crippen molar-refractivity contribution in [3.05, 3.63) is 30.1 Å². The summed E-state index contributed by atoms with van der Waals surface area (Å²) in [6.45, 7) is 2.59. The molecule has 2 rings (SSSR count). The second-order valence-electron chi connectivity index (χ2n) is 4.21. The van der Waals surface area contributed by atoms with E-state index in [1.807, 2.05) is 31.3 Å². The summed E-state index contributed by atoms with van der Waals surface area (Å²) < 4.78 is 0. The molecule has 0 atom stereocenters. The number of fused-ring (bicyclic) bond motifs is 1. The van der Waals surface area contributed by atoms with Gasteiger partial charge >= 0.3 is 0 Å². The number of imidazole rings is 1. The molecular weight excluding hydrogens is 258 g/mol. The van der Waals surface area contributed by atoms with Crippen LogP contribution in [0.3, 0.4) is 0 Å². The van der Waals surface area contributed by atoms with E-state index in [9.17, 15) is 0 Å². The van der Waals surface area contributed by atoms with Crippen molar-refractivity contribution in [2.24, 2.45) is 0 Å². The van der Waals surface area contributed by atoms with Gasteiger partial charge in [0.1, 0.15) is 5.82 Å². The molecule has 0 aliphatic carbocycles. The van der Waals surface area contributed by atoms with Crippen molar-refractivity contribution in [3.63, 3.8) is 0 Å². The lowest BCUT2D eigenvalue weighted by molar-refractivity contribution is 0.658. The number of hydrogen-bond donors (Lipinski definition) is 4. The zero-order valence-electron chi connectivity index (χ0n) is 11.0. The van der Waals surface area contributed by atoms with Crippen LogP contribution in [0.2, 0.25) is 0 Å². The minimum absolute atomic E-state index is 0.680. The molecule has 0 saturated carbocycles. The van der Waals surface area contributed by atoms with Crippen molar-refractivity contribution in [1.29, 1.82) is 0 Å². The van der Waals surface area contributed by atoms with E-state index in [0.29, 0.717) is 5.11 Å². The van der Waals surface area contributed by atoms with Crippen molar-refractivity contribution in [3.8, 4) is 0 Å². The van der Waals surface area contributed by atoms with E-state index in [1.54, 1.807) is 0 Å². The molecule has 1 heterocycles. The molecule has 1 aromatic carbocycles. The van der Waals surface area contributed by atoms with Crippen LogP contribution in [0.15, 0.2) is 24.3 Å². The van der Waals surface area contributed by atoms with Crippen molar-refractivity contribution < 1.29 is 0 Å². The third-order valence-corrected chi connectivity index (χ3v) is 3.14. The minimum Gasteiger partial charge on any atom is -0.366 e. The summed E-state index contributed by atoms with van der Waals surface area (Å²) in [6.07, 6.45) is 0.894. The average Bonchev–Trinajstić information content (AvgIpc) is 2.84. The number of H-pyrrole nitrogens is 1. The van der Waals surface area contributed by atoms with Gasteiger partial charge in [0.15, 0.2) is 5.11 Å². The van der Waals surface area contributed by atoms with Gasteiger partial charge in [-0.2, -0.15) is 0 Å². The zero-order chi connectivity index (χ0) is 13.5. The van der Waals surface area contributed by atoms with Crippen molar-refractivity contribution in [2.45, 2.75) is 6.42 Å². The van der Waals surface area contributed by atoms with Crippen LogP contribution >= 0.6 is 12.2 Å². The third-order valence-electron chi connectivity index (χ3n) is 2.79. The maximum Gasteiger partial charge on any atom is 0.166 e. The van der Waals surface area contributed by atoms with Gasteiger partial charge in [0.05, 0.1) is 11.0 Å². The summed E-state index contributed by atoms with van der Waals surface area (Å²) in [5.74, 6) is 1.02. The Morgan fingerprint density at radius 3 is 2.89 bits per heavy atom. The number of hydrogen-bond acceptors (Lipinski definition) is 3. The molecule has 102 valence electrons. The first-order chi connectivity index (χ1) is 9.29. The molecule has 0 radical (unpaired) electrons. The molecule has 0 amide bonds. The molecule has 0 unspecified atom stereocenters. The topological polar surface area (TPSA) is 64.8 Å². The number of benzene rings is 1. The predicted molar refractivity (Wildman–Crippen MR) is 82.3 cm³/mol. The molecule has 0 bridgehead atoms. The highest BCUT2D eigenvalue weighted by Crippen LogP contribution is 2.09. The standard InChI is InChI=1S/C13H19N5S/c1-14-13(19)16-9-8-15-7-6-12-17-10-4-2-3-5-11(10)18-12/h2-5,15H,6-9H2,1H3,(H,17,18)(H2,14,16,19). The fourth-order valence-corrected chi connectivity index (χ4v) is 1.91. The lowest BCUT2D eigenvalue weighted by Gasteiger charge is -2.07. The van der Waals surface area contributed by atoms with Crippen LogP contribution < -0.4 is 16.0 Å². The van der Waals surface area contributed by atoms with Gasteiger partial charge in [0.2, 0.25) is 0 Å². The molecule has 1 aromatic heterocycles. The fourth-order valence-electron chi connectivity index (χ4n) is 1.81. The molecular formula is C13H19N5S. The van der Waals surface area contributed by atoms with Gasteiger partial charge in [-0.15, -0.1) is 0 Å². The van der Waals surface area contributed by atoms with Crippen LogP contribution in [0.1, 0.15) is 5.82 Å². The Labute approximate surface area is 118 Å². The van der Waals surface area contributed by atoms with Gasteiger partial charge in [-0.1, -0.05) is 12.1 Å². The van der Waals surface area contributed by atoms with E-state index < -0.39 is 0 Å². The molecule has 0 spiro atoms. The largest absolute Gasteiger partial charge is 0.366 e. The smallest absolute Gasteiger partial charge is 0.166 e. The number of aromatic amines is 1. The number of rotatable bonds is 6. The Morgan fingerprint density at radius 1 is 1.26 bits per heavy atom. The number of thiocarbonyl (C=S) groups is 1. The molecule has 0 saturated heterocycles. The van der Waals surface area contributed by atoms with Gasteiger partial charge in [0, 0.05) is 33.1 Å². The highest BCUT2D eigenvalue weighted by atomic mass is 32.1. The molecule has 0 fully saturated rings. The highest BCUT2D eigenvalue weighted by molar-refractivity contribution is 7.80. The SMILES string of the molecule is CNC(=S)NCCNCCc1nc2ccccc2[nH]1. The van der Waals surface area contributed by atoms with E-state index in [0.717, 1.165) is 42.9 Å². The van der Waals surface area contributed by atoms with Crippen LogP contribution in [0.5, 0.6) is 0 Å². The van der Waals surface area contributed by atoms with Crippen molar-refractivity contribution in [1.82, 2.24) is 25.9 Å². The number of nitrogens with zero attached hydrogens (tertiary/aromatic N) is 1. The summed E-state index contributed by atoms with van der Waals surface area (Å²) in [6, 6.07) is 8.08. The second-order valence-corrected chi connectivity index (χ2v) is 4.61. The predicted octanol–water partition coefficient (Wildman–Crippen LogP) is 0.789. The molecule has 0 aliphatic rings. The summed E-state index contributed by atoms with van der Waals surface area (Å²) in [5.41, 5.74) is 2.12. The maximum atomic E-state index is 4.98. The van der Waals surface area contributed by atoms with Crippen LogP contribution in [-0.2, 0) is 6.42 Å². The highest BCUT2D eigenvalue weighted by Gasteiger charge is 2.00. The van der Waals surface area contributed by atoms with Gasteiger partial charge in [-0.05, 0) is 24.4 Å². The Morgan fingerprint density at radius 2 is 2.11 bits per heavy atom. The lowest BCUT2D eigenvalue weighted by Crippen LogP contribution is -2.37.